The van der Waals surface area contributed by atoms with E-state index in [9.17, 15) is 0 Å². The fraction of sp³-hybridized carbons (Fsp3) is 1.00. The van der Waals surface area contributed by atoms with Crippen molar-refractivity contribution in [3.05, 3.63) is 0 Å². The molecule has 2 aliphatic rings. The summed E-state index contributed by atoms with van der Waals surface area (Å²) in [6.07, 6.45) is 9.56. The minimum Gasteiger partial charge on any atom is -0.311 e. The first-order chi connectivity index (χ1) is 8.64. The van der Waals surface area contributed by atoms with Crippen LogP contribution < -0.4 is 16.0 Å². The van der Waals surface area contributed by atoms with Crippen LogP contribution in [0.5, 0.6) is 0 Å². The molecule has 2 rings (SSSR count). The van der Waals surface area contributed by atoms with Crippen LogP contribution in [0.3, 0.4) is 0 Å². The molecule has 106 valence electrons. The number of hydrogen-bond acceptors (Lipinski definition) is 3. The van der Waals surface area contributed by atoms with E-state index < -0.39 is 0 Å². The van der Waals surface area contributed by atoms with Crippen molar-refractivity contribution >= 4 is 10.2 Å². The number of nitrogens with one attached hydrogen (secondary N) is 3. The summed E-state index contributed by atoms with van der Waals surface area (Å²) in [6, 6.07) is 0.605. The van der Waals surface area contributed by atoms with E-state index >= 15 is 0 Å². The summed E-state index contributed by atoms with van der Waals surface area (Å²) in [6.45, 7) is 6.60. The predicted octanol–water partition coefficient (Wildman–Crippen LogP) is 0.679. The van der Waals surface area contributed by atoms with Crippen LogP contribution in [0.25, 0.3) is 0 Å². The molecule has 0 aromatic carbocycles. The van der Waals surface area contributed by atoms with Gasteiger partial charge in [-0.05, 0) is 45.2 Å². The van der Waals surface area contributed by atoms with Crippen LogP contribution in [0.4, 0.5) is 0 Å². The van der Waals surface area contributed by atoms with E-state index in [2.05, 4.69) is 29.8 Å². The maximum atomic E-state index is 4.09. The highest BCUT2D eigenvalue weighted by atomic mass is 28.1. The van der Waals surface area contributed by atoms with Gasteiger partial charge in [0.05, 0.1) is 5.66 Å². The third-order valence-electron chi connectivity index (χ3n) is 4.83. The summed E-state index contributed by atoms with van der Waals surface area (Å²) in [5.41, 5.74) is 0.164. The molecule has 2 unspecified atom stereocenters. The Bertz CT molecular complexity index is 266. The zero-order valence-electron chi connectivity index (χ0n) is 12.4. The normalized spacial score (nSPS) is 35.3. The van der Waals surface area contributed by atoms with Crippen molar-refractivity contribution in [3.63, 3.8) is 0 Å². The second kappa shape index (κ2) is 6.03. The lowest BCUT2D eigenvalue weighted by Gasteiger charge is -2.44. The van der Waals surface area contributed by atoms with Crippen LogP contribution in [-0.4, -0.2) is 40.2 Å². The quantitative estimate of drug-likeness (QED) is 0.490. The average molecular weight is 270 g/mol. The molecule has 0 radical (unpaired) electrons. The molecule has 0 aromatic rings. The van der Waals surface area contributed by atoms with Gasteiger partial charge in [-0.25, -0.2) is 0 Å². The highest BCUT2D eigenvalue weighted by Crippen LogP contribution is 2.34. The molecule has 2 fully saturated rings. The van der Waals surface area contributed by atoms with Crippen LogP contribution in [0.15, 0.2) is 0 Å². The Morgan fingerprint density at radius 2 is 1.78 bits per heavy atom. The fourth-order valence-corrected chi connectivity index (χ4v) is 5.22. The van der Waals surface area contributed by atoms with Crippen LogP contribution in [-0.2, 0) is 0 Å². The first-order valence-corrected chi connectivity index (χ1v) is 8.92. The van der Waals surface area contributed by atoms with E-state index in [1.807, 2.05) is 0 Å². The summed E-state index contributed by atoms with van der Waals surface area (Å²) in [5.74, 6) is 0. The molecule has 0 aromatic heterocycles. The summed E-state index contributed by atoms with van der Waals surface area (Å²) < 4.78 is 0. The highest BCUT2D eigenvalue weighted by molar-refractivity contribution is 6.15. The molecule has 2 saturated carbocycles. The predicted molar refractivity (Wildman–Crippen MR) is 82.0 cm³/mol. The smallest absolute Gasteiger partial charge is 0.0846 e. The molecule has 2 aliphatic carbocycles. The molecule has 0 bridgehead atoms. The van der Waals surface area contributed by atoms with E-state index in [4.69, 9.17) is 0 Å². The summed E-state index contributed by atoms with van der Waals surface area (Å²) in [5, 5.41) is 12.1. The molecule has 3 N–H and O–H groups in total. The standard InChI is InChI=1S/C14H31N3Si/c1-3-15-12-8-7-11-14(12,16-4-2)17-13(18)9-5-6-10-13/h12,15-17H,3-11H2,1-2,18H3. The Hall–Kier alpha value is 0.0969. The van der Waals surface area contributed by atoms with Crippen molar-refractivity contribution in [3.8, 4) is 0 Å². The zero-order valence-corrected chi connectivity index (χ0v) is 14.4. The van der Waals surface area contributed by atoms with Gasteiger partial charge >= 0.3 is 0 Å². The molecule has 0 heterocycles. The second-order valence-electron chi connectivity index (χ2n) is 6.40. The van der Waals surface area contributed by atoms with E-state index in [-0.39, 0.29) is 5.66 Å². The molecule has 0 saturated heterocycles. The minimum atomic E-state index is 0.164. The Morgan fingerprint density at radius 3 is 2.39 bits per heavy atom. The summed E-state index contributed by atoms with van der Waals surface area (Å²) >= 11 is 0. The van der Waals surface area contributed by atoms with Crippen LogP contribution >= 0.6 is 0 Å². The van der Waals surface area contributed by atoms with Gasteiger partial charge in [-0.15, -0.1) is 0 Å². The van der Waals surface area contributed by atoms with Gasteiger partial charge in [-0.2, -0.15) is 0 Å². The zero-order chi connectivity index (χ0) is 13.1. The largest absolute Gasteiger partial charge is 0.311 e. The van der Waals surface area contributed by atoms with Crippen molar-refractivity contribution in [1.29, 1.82) is 0 Å². The Kier molecular flexibility index (Phi) is 4.86. The first kappa shape index (κ1) is 14.5. The monoisotopic (exact) mass is 269 g/mol. The lowest BCUT2D eigenvalue weighted by Crippen LogP contribution is -2.70. The van der Waals surface area contributed by atoms with Crippen molar-refractivity contribution < 1.29 is 0 Å². The van der Waals surface area contributed by atoms with Gasteiger partial charge in [0.25, 0.3) is 0 Å². The van der Waals surface area contributed by atoms with Crippen molar-refractivity contribution in [2.75, 3.05) is 13.1 Å². The third-order valence-corrected chi connectivity index (χ3v) is 6.08. The molecular formula is C14H31N3Si. The van der Waals surface area contributed by atoms with E-state index in [0.717, 1.165) is 13.1 Å². The van der Waals surface area contributed by atoms with Gasteiger partial charge in [0.1, 0.15) is 0 Å². The molecular weight excluding hydrogens is 238 g/mol. The lowest BCUT2D eigenvalue weighted by atomic mass is 10.0. The molecule has 0 spiro atoms. The summed E-state index contributed by atoms with van der Waals surface area (Å²) in [4.78, 5) is 0. The second-order valence-corrected chi connectivity index (χ2v) is 8.31. The fourth-order valence-electron chi connectivity index (χ4n) is 4.07. The van der Waals surface area contributed by atoms with E-state index in [1.165, 1.54) is 55.2 Å². The van der Waals surface area contributed by atoms with Crippen molar-refractivity contribution in [2.45, 2.75) is 75.7 Å². The number of likely N-dealkylation sites (N-methyl/N-ethyl adjacent to an activating group) is 2. The van der Waals surface area contributed by atoms with Gasteiger partial charge in [-0.1, -0.05) is 26.7 Å². The SMILES string of the molecule is CCNC1CCCC1(NCC)NC1([SiH3])CCCC1. The molecule has 18 heavy (non-hydrogen) atoms. The van der Waals surface area contributed by atoms with Crippen LogP contribution in [0.2, 0.25) is 0 Å². The minimum absolute atomic E-state index is 0.164. The Balaban J connectivity index is 2.09. The Morgan fingerprint density at radius 1 is 1.06 bits per heavy atom. The van der Waals surface area contributed by atoms with E-state index in [0.29, 0.717) is 11.2 Å². The van der Waals surface area contributed by atoms with Gasteiger partial charge in [0.15, 0.2) is 0 Å². The molecule has 4 heteroatoms. The third kappa shape index (κ3) is 2.98. The summed E-state index contributed by atoms with van der Waals surface area (Å²) in [7, 11) is 1.27. The highest BCUT2D eigenvalue weighted by Gasteiger charge is 2.46. The average Bonchev–Trinajstić information content (AvgIpc) is 2.89. The molecule has 3 nitrogen and oxygen atoms in total. The number of rotatable bonds is 6. The molecule has 2 atom stereocenters. The van der Waals surface area contributed by atoms with Crippen LogP contribution in [0.1, 0.15) is 58.8 Å². The maximum absolute atomic E-state index is 4.09. The lowest BCUT2D eigenvalue weighted by molar-refractivity contribution is 0.176. The first-order valence-electron chi connectivity index (χ1n) is 7.92. The molecule has 0 amide bonds. The van der Waals surface area contributed by atoms with Gasteiger partial charge in [-0.3, -0.25) is 10.6 Å². The maximum Gasteiger partial charge on any atom is 0.0846 e. The van der Waals surface area contributed by atoms with Crippen molar-refractivity contribution in [1.82, 2.24) is 16.0 Å². The van der Waals surface area contributed by atoms with Gasteiger partial charge in [0, 0.05) is 21.4 Å². The van der Waals surface area contributed by atoms with Gasteiger partial charge < -0.3 is 5.32 Å². The molecule has 0 aliphatic heterocycles. The Labute approximate surface area is 115 Å². The van der Waals surface area contributed by atoms with Crippen molar-refractivity contribution in [2.24, 2.45) is 0 Å². The number of hydrogen-bond donors (Lipinski definition) is 3. The topological polar surface area (TPSA) is 36.1 Å². The van der Waals surface area contributed by atoms with Gasteiger partial charge in [0.2, 0.25) is 0 Å². The van der Waals surface area contributed by atoms with Crippen LogP contribution in [0, 0.1) is 0 Å². The van der Waals surface area contributed by atoms with E-state index in [1.54, 1.807) is 0 Å².